The zero-order valence-corrected chi connectivity index (χ0v) is 10.6. The number of nitrogens with zero attached hydrogens (tertiary/aromatic N) is 3. The third-order valence-electron chi connectivity index (χ3n) is 3.44. The number of aryl methyl sites for hydroxylation is 1. The molecule has 0 bridgehead atoms. The number of H-pyrrole nitrogens is 1. The molecule has 1 aliphatic rings. The molecule has 0 radical (unpaired) electrons. The Kier molecular flexibility index (Phi) is 2.54. The fourth-order valence-electron chi connectivity index (χ4n) is 2.18. The van der Waals surface area contributed by atoms with Crippen LogP contribution in [0.2, 0.25) is 0 Å². The summed E-state index contributed by atoms with van der Waals surface area (Å²) < 4.78 is 2.10. The van der Waals surface area contributed by atoms with Crippen molar-refractivity contribution in [1.29, 1.82) is 0 Å². The smallest absolute Gasteiger partial charge is 0.254 e. The maximum absolute atomic E-state index is 11.9. The zero-order chi connectivity index (χ0) is 12.7. The Labute approximate surface area is 105 Å². The molecule has 2 aromatic rings. The van der Waals surface area contributed by atoms with Crippen molar-refractivity contribution < 1.29 is 0 Å². The summed E-state index contributed by atoms with van der Waals surface area (Å²) in [5.41, 5.74) is 2.42. The largest absolute Gasteiger partial charge is 0.325 e. The molecule has 2 aromatic heterocycles. The Morgan fingerprint density at radius 1 is 1.50 bits per heavy atom. The molecule has 18 heavy (non-hydrogen) atoms. The fourth-order valence-corrected chi connectivity index (χ4v) is 2.18. The second kappa shape index (κ2) is 4.08. The molecule has 5 nitrogen and oxygen atoms in total. The average molecular weight is 244 g/mol. The van der Waals surface area contributed by atoms with E-state index < -0.39 is 0 Å². The van der Waals surface area contributed by atoms with Gasteiger partial charge in [0.05, 0.1) is 18.2 Å². The van der Waals surface area contributed by atoms with E-state index in [1.807, 2.05) is 20.2 Å². The standard InChI is InChI=1S/C13H16N4O/c1-3-10-8(2)13(18)16-12(15-10)11-6-14-7-17(11)9-4-5-9/h6-7,9H,3-5H2,1-2H3,(H,15,16,18). The van der Waals surface area contributed by atoms with Gasteiger partial charge >= 0.3 is 0 Å². The van der Waals surface area contributed by atoms with Gasteiger partial charge in [-0.3, -0.25) is 4.79 Å². The number of hydrogen-bond donors (Lipinski definition) is 1. The van der Waals surface area contributed by atoms with Crippen molar-refractivity contribution in [2.45, 2.75) is 39.2 Å². The molecule has 5 heteroatoms. The van der Waals surface area contributed by atoms with Gasteiger partial charge in [0.25, 0.3) is 5.56 Å². The number of hydrogen-bond acceptors (Lipinski definition) is 3. The van der Waals surface area contributed by atoms with E-state index in [1.54, 1.807) is 6.20 Å². The molecule has 0 saturated heterocycles. The van der Waals surface area contributed by atoms with E-state index in [0.717, 1.165) is 17.8 Å². The van der Waals surface area contributed by atoms with Gasteiger partial charge in [-0.2, -0.15) is 0 Å². The lowest BCUT2D eigenvalue weighted by molar-refractivity contribution is 0.741. The summed E-state index contributed by atoms with van der Waals surface area (Å²) >= 11 is 0. The molecular formula is C13H16N4O. The van der Waals surface area contributed by atoms with Crippen LogP contribution >= 0.6 is 0 Å². The molecule has 94 valence electrons. The predicted molar refractivity (Wildman–Crippen MR) is 68.5 cm³/mol. The van der Waals surface area contributed by atoms with Crippen LogP contribution in [0.15, 0.2) is 17.3 Å². The normalized spacial score (nSPS) is 15.0. The molecule has 0 spiro atoms. The summed E-state index contributed by atoms with van der Waals surface area (Å²) in [7, 11) is 0. The van der Waals surface area contributed by atoms with Gasteiger partial charge in [-0.05, 0) is 26.2 Å². The molecule has 2 heterocycles. The van der Waals surface area contributed by atoms with Crippen LogP contribution in [0.4, 0.5) is 0 Å². The highest BCUT2D eigenvalue weighted by molar-refractivity contribution is 5.49. The first kappa shape index (κ1) is 11.2. The van der Waals surface area contributed by atoms with Crippen molar-refractivity contribution in [3.8, 4) is 11.5 Å². The third kappa shape index (κ3) is 1.75. The minimum absolute atomic E-state index is 0.0552. The van der Waals surface area contributed by atoms with Gasteiger partial charge in [-0.15, -0.1) is 0 Å². The molecule has 1 saturated carbocycles. The quantitative estimate of drug-likeness (QED) is 0.896. The van der Waals surface area contributed by atoms with Gasteiger partial charge in [-0.25, -0.2) is 9.97 Å². The van der Waals surface area contributed by atoms with E-state index >= 15 is 0 Å². The molecule has 1 N–H and O–H groups in total. The number of aromatic amines is 1. The second-order valence-corrected chi connectivity index (χ2v) is 4.76. The van der Waals surface area contributed by atoms with Crippen LogP contribution in [-0.4, -0.2) is 19.5 Å². The first-order valence-electron chi connectivity index (χ1n) is 6.32. The van der Waals surface area contributed by atoms with Crippen LogP contribution in [-0.2, 0) is 6.42 Å². The van der Waals surface area contributed by atoms with E-state index in [2.05, 4.69) is 19.5 Å². The van der Waals surface area contributed by atoms with Crippen LogP contribution in [0.25, 0.3) is 11.5 Å². The van der Waals surface area contributed by atoms with E-state index in [9.17, 15) is 4.79 Å². The van der Waals surface area contributed by atoms with Crippen LogP contribution < -0.4 is 5.56 Å². The van der Waals surface area contributed by atoms with Crippen molar-refractivity contribution in [3.63, 3.8) is 0 Å². The first-order valence-corrected chi connectivity index (χ1v) is 6.32. The Hall–Kier alpha value is -1.91. The number of imidazole rings is 1. The van der Waals surface area contributed by atoms with E-state index in [0.29, 0.717) is 17.4 Å². The van der Waals surface area contributed by atoms with Crippen LogP contribution in [0, 0.1) is 6.92 Å². The van der Waals surface area contributed by atoms with Crippen LogP contribution in [0.5, 0.6) is 0 Å². The minimum Gasteiger partial charge on any atom is -0.325 e. The van der Waals surface area contributed by atoms with Crippen LogP contribution in [0.1, 0.15) is 37.1 Å². The van der Waals surface area contributed by atoms with E-state index in [-0.39, 0.29) is 5.56 Å². The molecular weight excluding hydrogens is 228 g/mol. The summed E-state index contributed by atoms with van der Waals surface area (Å²) in [5.74, 6) is 0.631. The fraction of sp³-hybridized carbons (Fsp3) is 0.462. The highest BCUT2D eigenvalue weighted by Gasteiger charge is 2.26. The van der Waals surface area contributed by atoms with Crippen LogP contribution in [0.3, 0.4) is 0 Å². The lowest BCUT2D eigenvalue weighted by Gasteiger charge is -2.08. The molecule has 0 aromatic carbocycles. The molecule has 0 atom stereocenters. The van der Waals surface area contributed by atoms with Crippen molar-refractivity contribution in [2.75, 3.05) is 0 Å². The first-order chi connectivity index (χ1) is 8.70. The number of nitrogens with one attached hydrogen (secondary N) is 1. The van der Waals surface area contributed by atoms with Gasteiger partial charge in [0, 0.05) is 11.6 Å². The van der Waals surface area contributed by atoms with E-state index in [1.165, 1.54) is 12.8 Å². The van der Waals surface area contributed by atoms with Gasteiger partial charge in [0.15, 0.2) is 5.82 Å². The highest BCUT2D eigenvalue weighted by atomic mass is 16.1. The molecule has 0 unspecified atom stereocenters. The lowest BCUT2D eigenvalue weighted by Crippen LogP contribution is -2.16. The molecule has 1 aliphatic carbocycles. The summed E-state index contributed by atoms with van der Waals surface area (Å²) in [6.45, 7) is 3.82. The maximum Gasteiger partial charge on any atom is 0.254 e. The SMILES string of the molecule is CCc1nc(-c2cncn2C2CC2)[nH]c(=O)c1C. The lowest BCUT2D eigenvalue weighted by atomic mass is 10.2. The summed E-state index contributed by atoms with van der Waals surface area (Å²) in [6, 6.07) is 0.527. The van der Waals surface area contributed by atoms with Crippen molar-refractivity contribution in [1.82, 2.24) is 19.5 Å². The van der Waals surface area contributed by atoms with Gasteiger partial charge in [0.1, 0.15) is 5.69 Å². The van der Waals surface area contributed by atoms with Gasteiger partial charge in [-0.1, -0.05) is 6.92 Å². The Morgan fingerprint density at radius 2 is 2.28 bits per heavy atom. The van der Waals surface area contributed by atoms with E-state index in [4.69, 9.17) is 0 Å². The highest BCUT2D eigenvalue weighted by Crippen LogP contribution is 2.37. The number of aromatic nitrogens is 4. The molecule has 0 amide bonds. The summed E-state index contributed by atoms with van der Waals surface area (Å²) in [4.78, 5) is 23.5. The zero-order valence-electron chi connectivity index (χ0n) is 10.6. The topological polar surface area (TPSA) is 63.6 Å². The van der Waals surface area contributed by atoms with Crippen molar-refractivity contribution in [3.05, 3.63) is 34.1 Å². The summed E-state index contributed by atoms with van der Waals surface area (Å²) in [5, 5.41) is 0. The molecule has 3 rings (SSSR count). The van der Waals surface area contributed by atoms with Gasteiger partial charge in [0.2, 0.25) is 0 Å². The Bertz CT molecular complexity index is 637. The van der Waals surface area contributed by atoms with Crippen molar-refractivity contribution in [2.24, 2.45) is 0 Å². The molecule has 1 fully saturated rings. The third-order valence-corrected chi connectivity index (χ3v) is 3.44. The Morgan fingerprint density at radius 3 is 2.94 bits per heavy atom. The summed E-state index contributed by atoms with van der Waals surface area (Å²) in [6.07, 6.45) is 6.71. The second-order valence-electron chi connectivity index (χ2n) is 4.76. The molecule has 0 aliphatic heterocycles. The number of rotatable bonds is 3. The Balaban J connectivity index is 2.13. The predicted octanol–water partition coefficient (Wildman–Crippen LogP) is 1.84. The van der Waals surface area contributed by atoms with Gasteiger partial charge < -0.3 is 9.55 Å². The monoisotopic (exact) mass is 244 g/mol. The average Bonchev–Trinajstić information content (AvgIpc) is 3.10. The van der Waals surface area contributed by atoms with Crippen molar-refractivity contribution >= 4 is 0 Å². The minimum atomic E-state index is -0.0552. The maximum atomic E-state index is 11.9.